The second-order valence-electron chi connectivity index (χ2n) is 3.71. The molecule has 0 aliphatic rings. The van der Waals surface area contributed by atoms with Gasteiger partial charge in [-0.15, -0.1) is 0 Å². The minimum Gasteiger partial charge on any atom is -0.308 e. The fourth-order valence-electron chi connectivity index (χ4n) is 1.55. The van der Waals surface area contributed by atoms with Gasteiger partial charge in [0.25, 0.3) is 0 Å². The van der Waals surface area contributed by atoms with Crippen molar-refractivity contribution in [1.29, 1.82) is 0 Å². The third-order valence-corrected chi connectivity index (χ3v) is 3.22. The SMILES string of the molecule is C=Cn1cc(CNCc2ccccc2Br)cn1. The molecule has 0 radical (unpaired) electrons. The summed E-state index contributed by atoms with van der Waals surface area (Å²) in [7, 11) is 0. The van der Waals surface area contributed by atoms with Crippen LogP contribution >= 0.6 is 15.9 Å². The molecule has 4 heteroatoms. The highest BCUT2D eigenvalue weighted by atomic mass is 79.9. The van der Waals surface area contributed by atoms with Crippen LogP contribution in [0.15, 0.2) is 47.7 Å². The van der Waals surface area contributed by atoms with Gasteiger partial charge in [0.05, 0.1) is 6.20 Å². The number of nitrogens with one attached hydrogen (secondary N) is 1. The van der Waals surface area contributed by atoms with E-state index in [1.807, 2.05) is 30.6 Å². The van der Waals surface area contributed by atoms with Gasteiger partial charge in [-0.1, -0.05) is 40.7 Å². The van der Waals surface area contributed by atoms with Crippen LogP contribution in [0.3, 0.4) is 0 Å². The van der Waals surface area contributed by atoms with Crippen molar-refractivity contribution in [2.45, 2.75) is 13.1 Å². The average Bonchev–Trinajstić information content (AvgIpc) is 2.80. The van der Waals surface area contributed by atoms with E-state index in [2.05, 4.69) is 39.0 Å². The number of nitrogens with zero attached hydrogens (tertiary/aromatic N) is 2. The first-order chi connectivity index (χ1) is 8.29. The number of rotatable bonds is 5. The van der Waals surface area contributed by atoms with Crippen molar-refractivity contribution in [3.05, 3.63) is 58.8 Å². The van der Waals surface area contributed by atoms with Crippen molar-refractivity contribution in [2.24, 2.45) is 0 Å². The summed E-state index contributed by atoms with van der Waals surface area (Å²) in [5.41, 5.74) is 2.40. The Kier molecular flexibility index (Phi) is 4.12. The van der Waals surface area contributed by atoms with E-state index in [1.54, 1.807) is 10.9 Å². The number of hydrogen-bond acceptors (Lipinski definition) is 2. The highest BCUT2D eigenvalue weighted by Crippen LogP contribution is 2.15. The van der Waals surface area contributed by atoms with E-state index < -0.39 is 0 Å². The third kappa shape index (κ3) is 3.28. The Morgan fingerprint density at radius 3 is 2.88 bits per heavy atom. The molecular weight excluding hydrogens is 278 g/mol. The second-order valence-corrected chi connectivity index (χ2v) is 4.56. The lowest BCUT2D eigenvalue weighted by Gasteiger charge is -2.05. The van der Waals surface area contributed by atoms with Crippen molar-refractivity contribution in [1.82, 2.24) is 15.1 Å². The van der Waals surface area contributed by atoms with Crippen LogP contribution in [0, 0.1) is 0 Å². The van der Waals surface area contributed by atoms with Crippen LogP contribution in [0.1, 0.15) is 11.1 Å². The van der Waals surface area contributed by atoms with Crippen LogP contribution in [0.5, 0.6) is 0 Å². The fraction of sp³-hybridized carbons (Fsp3) is 0.154. The van der Waals surface area contributed by atoms with Gasteiger partial charge < -0.3 is 5.32 Å². The minimum absolute atomic E-state index is 0.801. The van der Waals surface area contributed by atoms with E-state index in [0.717, 1.165) is 23.1 Å². The van der Waals surface area contributed by atoms with Crippen molar-refractivity contribution >= 4 is 22.1 Å². The Morgan fingerprint density at radius 1 is 1.35 bits per heavy atom. The summed E-state index contributed by atoms with van der Waals surface area (Å²) in [6.07, 6.45) is 5.48. The zero-order valence-corrected chi connectivity index (χ0v) is 11.0. The molecule has 0 bridgehead atoms. The molecule has 0 atom stereocenters. The van der Waals surface area contributed by atoms with Gasteiger partial charge in [-0.05, 0) is 11.6 Å². The number of halogens is 1. The average molecular weight is 292 g/mol. The van der Waals surface area contributed by atoms with Crippen LogP contribution in [0.25, 0.3) is 6.20 Å². The van der Waals surface area contributed by atoms with E-state index in [9.17, 15) is 0 Å². The van der Waals surface area contributed by atoms with Gasteiger partial charge in [-0.25, -0.2) is 4.68 Å². The van der Waals surface area contributed by atoms with Crippen LogP contribution < -0.4 is 5.32 Å². The molecule has 0 spiro atoms. The number of benzene rings is 1. The summed E-state index contributed by atoms with van der Waals surface area (Å²) in [5.74, 6) is 0. The molecule has 0 fully saturated rings. The fourth-order valence-corrected chi connectivity index (χ4v) is 1.98. The molecule has 0 aliphatic carbocycles. The van der Waals surface area contributed by atoms with Gasteiger partial charge in [0.1, 0.15) is 0 Å². The topological polar surface area (TPSA) is 29.9 Å². The normalized spacial score (nSPS) is 10.4. The molecule has 1 heterocycles. The molecule has 0 saturated heterocycles. The Labute approximate surface area is 109 Å². The molecule has 0 unspecified atom stereocenters. The lowest BCUT2D eigenvalue weighted by molar-refractivity contribution is 0.691. The highest BCUT2D eigenvalue weighted by Gasteiger charge is 1.99. The van der Waals surface area contributed by atoms with Crippen molar-refractivity contribution in [3.8, 4) is 0 Å². The van der Waals surface area contributed by atoms with Gasteiger partial charge in [-0.3, -0.25) is 0 Å². The van der Waals surface area contributed by atoms with E-state index in [1.165, 1.54) is 5.56 Å². The lowest BCUT2D eigenvalue weighted by atomic mass is 10.2. The Bertz CT molecular complexity index is 505. The monoisotopic (exact) mass is 291 g/mol. The first-order valence-electron chi connectivity index (χ1n) is 5.39. The number of aromatic nitrogens is 2. The van der Waals surface area contributed by atoms with Gasteiger partial charge in [0.2, 0.25) is 0 Å². The molecule has 3 nitrogen and oxygen atoms in total. The molecular formula is C13H14BrN3. The zero-order valence-electron chi connectivity index (χ0n) is 9.44. The largest absolute Gasteiger partial charge is 0.308 e. The highest BCUT2D eigenvalue weighted by molar-refractivity contribution is 9.10. The molecule has 17 heavy (non-hydrogen) atoms. The second kappa shape index (κ2) is 5.80. The first-order valence-corrected chi connectivity index (χ1v) is 6.18. The molecule has 1 N–H and O–H groups in total. The molecule has 1 aromatic heterocycles. The van der Waals surface area contributed by atoms with Gasteiger partial charge >= 0.3 is 0 Å². The summed E-state index contributed by atoms with van der Waals surface area (Å²) in [5, 5.41) is 7.51. The molecule has 0 amide bonds. The molecule has 2 aromatic rings. The smallest absolute Gasteiger partial charge is 0.0538 e. The van der Waals surface area contributed by atoms with Crippen LogP contribution in [-0.4, -0.2) is 9.78 Å². The summed E-state index contributed by atoms with van der Waals surface area (Å²) in [6, 6.07) is 8.20. The predicted octanol–water partition coefficient (Wildman–Crippen LogP) is 3.04. The van der Waals surface area contributed by atoms with E-state index in [-0.39, 0.29) is 0 Å². The van der Waals surface area contributed by atoms with Crippen molar-refractivity contribution in [2.75, 3.05) is 0 Å². The maximum atomic E-state index is 4.13. The van der Waals surface area contributed by atoms with E-state index >= 15 is 0 Å². The van der Waals surface area contributed by atoms with E-state index in [4.69, 9.17) is 0 Å². The molecule has 1 aromatic carbocycles. The Balaban J connectivity index is 1.87. The lowest BCUT2D eigenvalue weighted by Crippen LogP contribution is -2.12. The van der Waals surface area contributed by atoms with Crippen molar-refractivity contribution < 1.29 is 0 Å². The molecule has 0 saturated carbocycles. The first kappa shape index (κ1) is 12.1. The maximum Gasteiger partial charge on any atom is 0.0538 e. The van der Waals surface area contributed by atoms with E-state index in [0.29, 0.717) is 0 Å². The van der Waals surface area contributed by atoms with Crippen LogP contribution in [0.4, 0.5) is 0 Å². The quantitative estimate of drug-likeness (QED) is 0.918. The van der Waals surface area contributed by atoms with Gasteiger partial charge in [0, 0.05) is 35.5 Å². The number of hydrogen-bond donors (Lipinski definition) is 1. The molecule has 0 aliphatic heterocycles. The summed E-state index contributed by atoms with van der Waals surface area (Å²) in [6.45, 7) is 5.29. The molecule has 2 rings (SSSR count). The third-order valence-electron chi connectivity index (χ3n) is 2.44. The maximum absolute atomic E-state index is 4.13. The summed E-state index contributed by atoms with van der Waals surface area (Å²) in [4.78, 5) is 0. The zero-order chi connectivity index (χ0) is 12.1. The minimum atomic E-state index is 0.801. The van der Waals surface area contributed by atoms with Crippen LogP contribution in [-0.2, 0) is 13.1 Å². The molecule has 88 valence electrons. The van der Waals surface area contributed by atoms with Crippen molar-refractivity contribution in [3.63, 3.8) is 0 Å². The van der Waals surface area contributed by atoms with Crippen LogP contribution in [0.2, 0.25) is 0 Å². The summed E-state index contributed by atoms with van der Waals surface area (Å²) < 4.78 is 2.84. The van der Waals surface area contributed by atoms with Gasteiger partial charge in [0.15, 0.2) is 0 Å². The Hall–Kier alpha value is -1.39. The predicted molar refractivity (Wildman–Crippen MR) is 73.3 cm³/mol. The van der Waals surface area contributed by atoms with Gasteiger partial charge in [-0.2, -0.15) is 5.10 Å². The summed E-state index contributed by atoms with van der Waals surface area (Å²) >= 11 is 3.53. The standard InChI is InChI=1S/C13H14BrN3/c1-2-17-10-11(8-16-17)7-15-9-12-5-3-4-6-13(12)14/h2-6,8,10,15H,1,7,9H2. The Morgan fingerprint density at radius 2 is 2.18 bits per heavy atom.